The maximum Gasteiger partial charge on any atom is 0.149 e. The monoisotopic (exact) mass is 295 g/mol. The molecule has 0 amide bonds. The molecule has 0 fully saturated rings. The first-order valence-corrected chi connectivity index (χ1v) is 5.80. The lowest BCUT2D eigenvalue weighted by Gasteiger charge is -2.10. The number of nitrogens with zero attached hydrogens (tertiary/aromatic N) is 1. The molecule has 0 saturated heterocycles. The zero-order valence-electron chi connectivity index (χ0n) is 9.17. The number of hydrogen-bond donors (Lipinski definition) is 2. The summed E-state index contributed by atoms with van der Waals surface area (Å²) in [5.74, 6) is 0.252. The van der Waals surface area contributed by atoms with Gasteiger partial charge in [-0.25, -0.2) is 9.37 Å². The summed E-state index contributed by atoms with van der Waals surface area (Å²) in [6.45, 7) is 1.71. The lowest BCUT2D eigenvalue weighted by molar-refractivity contribution is 0.622. The van der Waals surface area contributed by atoms with Crippen molar-refractivity contribution in [1.82, 2.24) is 4.98 Å². The van der Waals surface area contributed by atoms with E-state index in [1.54, 1.807) is 31.2 Å². The van der Waals surface area contributed by atoms with Gasteiger partial charge in [0.1, 0.15) is 11.6 Å². The van der Waals surface area contributed by atoms with E-state index < -0.39 is 0 Å². The molecule has 1 aromatic heterocycles. The number of hydrogen-bond acceptors (Lipinski definition) is 3. The molecule has 2 aromatic rings. The van der Waals surface area contributed by atoms with E-state index in [1.165, 1.54) is 6.20 Å². The van der Waals surface area contributed by atoms with Crippen molar-refractivity contribution in [2.75, 3.05) is 11.1 Å². The number of pyridine rings is 1. The largest absolute Gasteiger partial charge is 0.397 e. The maximum atomic E-state index is 13.8. The average Bonchev–Trinajstić information content (AvgIpc) is 2.28. The Bertz CT molecular complexity index is 557. The van der Waals surface area contributed by atoms with Crippen LogP contribution < -0.4 is 11.1 Å². The van der Waals surface area contributed by atoms with E-state index in [0.29, 0.717) is 27.2 Å². The van der Waals surface area contributed by atoms with Gasteiger partial charge in [-0.2, -0.15) is 0 Å². The summed E-state index contributed by atoms with van der Waals surface area (Å²) in [5, 5.41) is 2.92. The van der Waals surface area contributed by atoms with Crippen LogP contribution in [0.25, 0.3) is 0 Å². The van der Waals surface area contributed by atoms with E-state index in [1.807, 2.05) is 0 Å². The van der Waals surface area contributed by atoms with Gasteiger partial charge in [0.2, 0.25) is 0 Å². The lowest BCUT2D eigenvalue weighted by atomic mass is 10.2. The van der Waals surface area contributed by atoms with Crippen molar-refractivity contribution in [3.63, 3.8) is 0 Å². The van der Waals surface area contributed by atoms with Gasteiger partial charge in [0, 0.05) is 0 Å². The summed E-state index contributed by atoms with van der Waals surface area (Å²) < 4.78 is 14.5. The highest BCUT2D eigenvalue weighted by Crippen LogP contribution is 2.27. The van der Waals surface area contributed by atoms with Gasteiger partial charge in [0.25, 0.3) is 0 Å². The molecule has 0 atom stereocenters. The van der Waals surface area contributed by atoms with Gasteiger partial charge in [0.05, 0.1) is 22.0 Å². The quantitative estimate of drug-likeness (QED) is 0.890. The fourth-order valence-electron chi connectivity index (χ4n) is 1.42. The molecule has 0 aliphatic rings. The Balaban J connectivity index is 2.35. The second kappa shape index (κ2) is 4.71. The summed E-state index contributed by atoms with van der Waals surface area (Å²) in [6, 6.07) is 6.87. The minimum atomic E-state index is -0.280. The van der Waals surface area contributed by atoms with Gasteiger partial charge in [-0.3, -0.25) is 0 Å². The molecule has 88 valence electrons. The first kappa shape index (κ1) is 11.9. The fourth-order valence-corrected chi connectivity index (χ4v) is 1.88. The number of halogens is 2. The Labute approximate surface area is 107 Å². The molecule has 0 saturated carbocycles. The Morgan fingerprint density at radius 1 is 1.41 bits per heavy atom. The summed E-state index contributed by atoms with van der Waals surface area (Å²) in [4.78, 5) is 4.09. The molecule has 0 spiro atoms. The standard InChI is InChI=1S/C12H11BrFN3/c1-7-3-2-4-10(11(7)14)17-12-9(13)5-8(15)6-16-12/h2-6H,15H2,1H3,(H,16,17). The minimum absolute atomic E-state index is 0.280. The SMILES string of the molecule is Cc1cccc(Nc2ncc(N)cc2Br)c1F. The molecule has 1 heterocycles. The highest BCUT2D eigenvalue weighted by Gasteiger charge is 2.07. The molecular formula is C12H11BrFN3. The Hall–Kier alpha value is -1.62. The van der Waals surface area contributed by atoms with E-state index in [2.05, 4.69) is 26.2 Å². The molecule has 3 N–H and O–H groups in total. The van der Waals surface area contributed by atoms with Gasteiger partial charge in [-0.1, -0.05) is 12.1 Å². The van der Waals surface area contributed by atoms with Crippen molar-refractivity contribution >= 4 is 33.1 Å². The van der Waals surface area contributed by atoms with Gasteiger partial charge in [-0.15, -0.1) is 0 Å². The third kappa shape index (κ3) is 2.55. The van der Waals surface area contributed by atoms with E-state index in [0.717, 1.165) is 0 Å². The number of aryl methyl sites for hydroxylation is 1. The topological polar surface area (TPSA) is 50.9 Å². The number of nitrogens with one attached hydrogen (secondary N) is 1. The highest BCUT2D eigenvalue weighted by molar-refractivity contribution is 9.10. The summed E-state index contributed by atoms with van der Waals surface area (Å²) >= 11 is 3.32. The van der Waals surface area contributed by atoms with E-state index in [9.17, 15) is 4.39 Å². The Kier molecular flexibility index (Phi) is 3.28. The molecule has 0 unspecified atom stereocenters. The van der Waals surface area contributed by atoms with E-state index in [-0.39, 0.29) is 5.82 Å². The van der Waals surface area contributed by atoms with Crippen molar-refractivity contribution in [3.8, 4) is 0 Å². The second-order valence-electron chi connectivity index (χ2n) is 3.66. The molecule has 0 bridgehead atoms. The number of nitrogens with two attached hydrogens (primary N) is 1. The molecule has 2 rings (SSSR count). The number of benzene rings is 1. The number of nitrogen functional groups attached to an aromatic ring is 1. The maximum absolute atomic E-state index is 13.8. The molecule has 17 heavy (non-hydrogen) atoms. The molecule has 1 aromatic carbocycles. The van der Waals surface area contributed by atoms with Crippen molar-refractivity contribution in [3.05, 3.63) is 46.3 Å². The van der Waals surface area contributed by atoms with Crippen LogP contribution in [0.2, 0.25) is 0 Å². The summed E-state index contributed by atoms with van der Waals surface area (Å²) in [6.07, 6.45) is 1.51. The van der Waals surface area contributed by atoms with Crippen LogP contribution >= 0.6 is 15.9 Å². The van der Waals surface area contributed by atoms with Crippen LogP contribution in [0, 0.1) is 12.7 Å². The van der Waals surface area contributed by atoms with Crippen LogP contribution in [0.3, 0.4) is 0 Å². The van der Waals surface area contributed by atoms with Gasteiger partial charge in [0.15, 0.2) is 0 Å². The van der Waals surface area contributed by atoms with Crippen molar-refractivity contribution < 1.29 is 4.39 Å². The second-order valence-corrected chi connectivity index (χ2v) is 4.51. The molecule has 0 radical (unpaired) electrons. The predicted octanol–water partition coefficient (Wildman–Crippen LogP) is 3.62. The number of anilines is 3. The smallest absolute Gasteiger partial charge is 0.149 e. The summed E-state index contributed by atoms with van der Waals surface area (Å²) in [5.41, 5.74) is 7.11. The molecule has 5 heteroatoms. The Morgan fingerprint density at radius 2 is 2.18 bits per heavy atom. The highest BCUT2D eigenvalue weighted by atomic mass is 79.9. The average molecular weight is 296 g/mol. The molecule has 0 aliphatic carbocycles. The third-order valence-electron chi connectivity index (χ3n) is 2.31. The number of rotatable bonds is 2. The predicted molar refractivity (Wildman–Crippen MR) is 70.8 cm³/mol. The van der Waals surface area contributed by atoms with Gasteiger partial charge in [-0.05, 0) is 40.5 Å². The fraction of sp³-hybridized carbons (Fsp3) is 0.0833. The van der Waals surface area contributed by atoms with Crippen molar-refractivity contribution in [2.45, 2.75) is 6.92 Å². The van der Waals surface area contributed by atoms with Crippen molar-refractivity contribution in [2.24, 2.45) is 0 Å². The molecule has 0 aliphatic heterocycles. The van der Waals surface area contributed by atoms with Crippen LogP contribution in [0.5, 0.6) is 0 Å². The number of aromatic nitrogens is 1. The van der Waals surface area contributed by atoms with Crippen LogP contribution in [-0.4, -0.2) is 4.98 Å². The molecular weight excluding hydrogens is 285 g/mol. The van der Waals surface area contributed by atoms with Crippen LogP contribution in [0.15, 0.2) is 34.9 Å². The van der Waals surface area contributed by atoms with Gasteiger partial charge >= 0.3 is 0 Å². The summed E-state index contributed by atoms with van der Waals surface area (Å²) in [7, 11) is 0. The first-order valence-electron chi connectivity index (χ1n) is 5.01. The third-order valence-corrected chi connectivity index (χ3v) is 2.91. The Morgan fingerprint density at radius 3 is 2.88 bits per heavy atom. The normalized spacial score (nSPS) is 10.3. The lowest BCUT2D eigenvalue weighted by Crippen LogP contribution is -1.99. The molecule has 3 nitrogen and oxygen atoms in total. The zero-order chi connectivity index (χ0) is 12.4. The van der Waals surface area contributed by atoms with E-state index >= 15 is 0 Å². The van der Waals surface area contributed by atoms with Crippen LogP contribution in [-0.2, 0) is 0 Å². The van der Waals surface area contributed by atoms with Crippen LogP contribution in [0.4, 0.5) is 21.6 Å². The minimum Gasteiger partial charge on any atom is -0.397 e. The van der Waals surface area contributed by atoms with Crippen LogP contribution in [0.1, 0.15) is 5.56 Å². The first-order chi connectivity index (χ1) is 8.08. The van der Waals surface area contributed by atoms with E-state index in [4.69, 9.17) is 5.73 Å². The van der Waals surface area contributed by atoms with Gasteiger partial charge < -0.3 is 11.1 Å². The van der Waals surface area contributed by atoms with Crippen molar-refractivity contribution in [1.29, 1.82) is 0 Å². The zero-order valence-corrected chi connectivity index (χ0v) is 10.8.